The Hall–Kier alpha value is -0.530. The van der Waals surface area contributed by atoms with E-state index in [1.807, 2.05) is 0 Å². The molecule has 0 rings (SSSR count). The maximum Gasteiger partial charge on any atom is 0.0822 e. The van der Waals surface area contributed by atoms with Crippen molar-refractivity contribution in [3.05, 3.63) is 0 Å². The van der Waals surface area contributed by atoms with E-state index in [0.717, 1.165) is 5.92 Å². The Kier molecular flexibility index (Phi) is 6.82. The van der Waals surface area contributed by atoms with E-state index < -0.39 is 0 Å². The minimum absolute atomic E-state index is 0.562. The Bertz CT molecular complexity index is 119. The molecule has 12 heavy (non-hydrogen) atoms. The molecule has 72 valence electrons. The van der Waals surface area contributed by atoms with Crippen LogP contribution in [0.3, 0.4) is 0 Å². The van der Waals surface area contributed by atoms with Gasteiger partial charge in [-0.25, -0.2) is 0 Å². The Labute approximate surface area is 76.5 Å². The van der Waals surface area contributed by atoms with E-state index in [1.54, 1.807) is 13.4 Å². The molecule has 1 atom stereocenters. The van der Waals surface area contributed by atoms with E-state index in [-0.39, 0.29) is 0 Å². The Balaban J connectivity index is 3.25. The number of nitrogens with zero attached hydrogens (tertiary/aromatic N) is 1. The van der Waals surface area contributed by atoms with E-state index in [9.17, 15) is 0 Å². The average Bonchev–Trinajstić information content (AvgIpc) is 2.00. The highest BCUT2D eigenvalue weighted by atomic mass is 14.9. The molecular weight excluding hydrogens is 148 g/mol. The maximum absolute atomic E-state index is 3.88. The van der Waals surface area contributed by atoms with Crippen LogP contribution < -0.4 is 5.32 Å². The fourth-order valence-electron chi connectivity index (χ4n) is 1.12. The Morgan fingerprint density at radius 1 is 1.25 bits per heavy atom. The quantitative estimate of drug-likeness (QED) is 0.480. The SMILES string of the molecule is CN=CNC(C)CCCC(C)C. The van der Waals surface area contributed by atoms with Crippen LogP contribution >= 0.6 is 0 Å². The fraction of sp³-hybridized carbons (Fsp3) is 0.900. The lowest BCUT2D eigenvalue weighted by Crippen LogP contribution is -2.24. The van der Waals surface area contributed by atoms with Crippen LogP contribution in [0.15, 0.2) is 4.99 Å². The van der Waals surface area contributed by atoms with E-state index in [4.69, 9.17) is 0 Å². The molecule has 0 aromatic heterocycles. The summed E-state index contributed by atoms with van der Waals surface area (Å²) in [6.07, 6.45) is 5.66. The lowest BCUT2D eigenvalue weighted by atomic mass is 10.0. The number of rotatable bonds is 6. The predicted molar refractivity (Wildman–Crippen MR) is 55.7 cm³/mol. The third-order valence-electron chi connectivity index (χ3n) is 1.91. The van der Waals surface area contributed by atoms with Crippen LogP contribution in [-0.2, 0) is 0 Å². The third-order valence-corrected chi connectivity index (χ3v) is 1.91. The van der Waals surface area contributed by atoms with Gasteiger partial charge in [-0.3, -0.25) is 4.99 Å². The zero-order chi connectivity index (χ0) is 9.40. The maximum atomic E-state index is 3.88. The topological polar surface area (TPSA) is 24.4 Å². The largest absolute Gasteiger partial charge is 0.374 e. The van der Waals surface area contributed by atoms with Gasteiger partial charge >= 0.3 is 0 Å². The van der Waals surface area contributed by atoms with Crippen LogP contribution in [0.1, 0.15) is 40.0 Å². The first-order chi connectivity index (χ1) is 5.66. The third kappa shape index (κ3) is 7.58. The molecule has 0 amide bonds. The van der Waals surface area contributed by atoms with Crippen molar-refractivity contribution >= 4 is 6.34 Å². The summed E-state index contributed by atoms with van der Waals surface area (Å²) in [6, 6.07) is 0.562. The Morgan fingerprint density at radius 2 is 1.92 bits per heavy atom. The first-order valence-electron chi connectivity index (χ1n) is 4.83. The van der Waals surface area contributed by atoms with E-state index in [2.05, 4.69) is 31.1 Å². The Morgan fingerprint density at radius 3 is 2.42 bits per heavy atom. The molecule has 0 aromatic rings. The van der Waals surface area contributed by atoms with E-state index >= 15 is 0 Å². The molecule has 0 aromatic carbocycles. The minimum Gasteiger partial charge on any atom is -0.374 e. The first-order valence-corrected chi connectivity index (χ1v) is 4.83. The molecule has 0 radical (unpaired) electrons. The van der Waals surface area contributed by atoms with Crippen molar-refractivity contribution in [3.8, 4) is 0 Å². The summed E-state index contributed by atoms with van der Waals surface area (Å²) in [5, 5.41) is 3.21. The van der Waals surface area contributed by atoms with Gasteiger partial charge in [-0.05, 0) is 19.3 Å². The predicted octanol–water partition coefficient (Wildman–Crippen LogP) is 2.45. The average molecular weight is 170 g/mol. The van der Waals surface area contributed by atoms with Gasteiger partial charge in [-0.15, -0.1) is 0 Å². The van der Waals surface area contributed by atoms with Gasteiger partial charge in [0.25, 0.3) is 0 Å². The summed E-state index contributed by atoms with van der Waals surface area (Å²) in [7, 11) is 1.79. The first kappa shape index (κ1) is 11.5. The summed E-state index contributed by atoms with van der Waals surface area (Å²) >= 11 is 0. The van der Waals surface area contributed by atoms with Crippen LogP contribution in [-0.4, -0.2) is 19.4 Å². The van der Waals surface area contributed by atoms with E-state index in [1.165, 1.54) is 19.3 Å². The highest BCUT2D eigenvalue weighted by molar-refractivity contribution is 5.54. The van der Waals surface area contributed by atoms with E-state index in [0.29, 0.717) is 6.04 Å². The number of aliphatic imine (C=N–C) groups is 1. The smallest absolute Gasteiger partial charge is 0.0822 e. The normalized spacial score (nSPS) is 14.1. The molecule has 0 aliphatic heterocycles. The number of hydrogen-bond donors (Lipinski definition) is 1. The fourth-order valence-corrected chi connectivity index (χ4v) is 1.12. The van der Waals surface area contributed by atoms with Crippen molar-refractivity contribution in [1.82, 2.24) is 5.32 Å². The van der Waals surface area contributed by atoms with Crippen molar-refractivity contribution in [3.63, 3.8) is 0 Å². The zero-order valence-corrected chi connectivity index (χ0v) is 8.80. The minimum atomic E-state index is 0.562. The van der Waals surface area contributed by atoms with Crippen LogP contribution in [0.4, 0.5) is 0 Å². The van der Waals surface area contributed by atoms with Crippen LogP contribution in [0.2, 0.25) is 0 Å². The molecule has 0 bridgehead atoms. The summed E-state index contributed by atoms with van der Waals surface area (Å²) in [5.74, 6) is 0.831. The molecule has 2 heteroatoms. The molecule has 0 saturated heterocycles. The van der Waals surface area contributed by atoms with Gasteiger partial charge in [0.05, 0.1) is 6.34 Å². The molecule has 0 aliphatic carbocycles. The summed E-state index contributed by atoms with van der Waals surface area (Å²) in [5.41, 5.74) is 0. The lowest BCUT2D eigenvalue weighted by molar-refractivity contribution is 0.496. The highest BCUT2D eigenvalue weighted by Crippen LogP contribution is 2.07. The molecule has 1 unspecified atom stereocenters. The second kappa shape index (κ2) is 7.14. The van der Waals surface area contributed by atoms with Crippen molar-refractivity contribution in [2.24, 2.45) is 10.9 Å². The van der Waals surface area contributed by atoms with Crippen molar-refractivity contribution < 1.29 is 0 Å². The van der Waals surface area contributed by atoms with Gasteiger partial charge in [-0.2, -0.15) is 0 Å². The van der Waals surface area contributed by atoms with Gasteiger partial charge in [-0.1, -0.05) is 26.7 Å². The molecule has 2 nitrogen and oxygen atoms in total. The second-order valence-corrected chi connectivity index (χ2v) is 3.78. The van der Waals surface area contributed by atoms with Crippen molar-refractivity contribution in [1.29, 1.82) is 0 Å². The van der Waals surface area contributed by atoms with Crippen LogP contribution in [0.5, 0.6) is 0 Å². The monoisotopic (exact) mass is 170 g/mol. The van der Waals surface area contributed by atoms with Gasteiger partial charge in [0, 0.05) is 13.1 Å². The highest BCUT2D eigenvalue weighted by Gasteiger charge is 1.99. The van der Waals surface area contributed by atoms with Gasteiger partial charge in [0.15, 0.2) is 0 Å². The second-order valence-electron chi connectivity index (χ2n) is 3.78. The van der Waals surface area contributed by atoms with Crippen LogP contribution in [0.25, 0.3) is 0 Å². The molecule has 0 fully saturated rings. The molecule has 1 N–H and O–H groups in total. The molecule has 0 aliphatic rings. The van der Waals surface area contributed by atoms with Gasteiger partial charge in [0.1, 0.15) is 0 Å². The lowest BCUT2D eigenvalue weighted by Gasteiger charge is -2.11. The molecular formula is C10H22N2. The summed E-state index contributed by atoms with van der Waals surface area (Å²) in [4.78, 5) is 3.88. The molecule has 0 spiro atoms. The van der Waals surface area contributed by atoms with Crippen molar-refractivity contribution in [2.45, 2.75) is 46.1 Å². The number of hydrogen-bond acceptors (Lipinski definition) is 1. The number of nitrogens with one attached hydrogen (secondary N) is 1. The summed E-state index contributed by atoms with van der Waals surface area (Å²) < 4.78 is 0. The molecule has 0 heterocycles. The van der Waals surface area contributed by atoms with Crippen LogP contribution in [0, 0.1) is 5.92 Å². The van der Waals surface area contributed by atoms with Crippen molar-refractivity contribution in [2.75, 3.05) is 7.05 Å². The van der Waals surface area contributed by atoms with Gasteiger partial charge < -0.3 is 5.32 Å². The summed E-state index contributed by atoms with van der Waals surface area (Å²) in [6.45, 7) is 6.74. The zero-order valence-electron chi connectivity index (χ0n) is 8.80. The molecule has 0 saturated carbocycles. The van der Waals surface area contributed by atoms with Gasteiger partial charge in [0.2, 0.25) is 0 Å². The standard InChI is InChI=1S/C10H22N2/c1-9(2)6-5-7-10(3)12-8-11-4/h8-10H,5-7H2,1-4H3,(H,11,12).